The molecule has 1 amide bonds. The third-order valence-electron chi connectivity index (χ3n) is 4.53. The molecule has 0 spiro atoms. The molecule has 7 heteroatoms. The van der Waals surface area contributed by atoms with Gasteiger partial charge in [0.2, 0.25) is 5.91 Å². The SMILES string of the molecule is CC(C)(C)C(=O)N1CCC(Cn2cc(-c3cncc(Cl)c3)nn2)CC1. The van der Waals surface area contributed by atoms with Crippen molar-refractivity contribution in [3.8, 4) is 11.3 Å². The highest BCUT2D eigenvalue weighted by molar-refractivity contribution is 6.30. The average molecular weight is 362 g/mol. The van der Waals surface area contributed by atoms with E-state index in [4.69, 9.17) is 11.6 Å². The highest BCUT2D eigenvalue weighted by Crippen LogP contribution is 2.25. The summed E-state index contributed by atoms with van der Waals surface area (Å²) in [5, 5.41) is 9.03. The zero-order valence-electron chi connectivity index (χ0n) is 14.9. The summed E-state index contributed by atoms with van der Waals surface area (Å²) in [6.07, 6.45) is 7.25. The van der Waals surface area contributed by atoms with Gasteiger partial charge < -0.3 is 4.90 Å². The van der Waals surface area contributed by atoms with Gasteiger partial charge in [-0.1, -0.05) is 37.6 Å². The first-order chi connectivity index (χ1) is 11.8. The summed E-state index contributed by atoms with van der Waals surface area (Å²) in [4.78, 5) is 18.4. The topological polar surface area (TPSA) is 63.9 Å². The zero-order valence-corrected chi connectivity index (χ0v) is 15.7. The van der Waals surface area contributed by atoms with Crippen LogP contribution in [0.2, 0.25) is 5.02 Å². The Hall–Kier alpha value is -1.95. The Morgan fingerprint density at radius 1 is 1.28 bits per heavy atom. The molecule has 3 rings (SSSR count). The molecule has 3 heterocycles. The lowest BCUT2D eigenvalue weighted by Crippen LogP contribution is -2.44. The minimum atomic E-state index is -0.307. The van der Waals surface area contributed by atoms with E-state index in [1.807, 2.05) is 42.6 Å². The van der Waals surface area contributed by atoms with Crippen molar-refractivity contribution in [1.82, 2.24) is 24.9 Å². The van der Waals surface area contributed by atoms with Gasteiger partial charge in [0.15, 0.2) is 0 Å². The van der Waals surface area contributed by atoms with Crippen LogP contribution in [0.5, 0.6) is 0 Å². The number of carbonyl (C=O) groups excluding carboxylic acids is 1. The predicted octanol–water partition coefficient (Wildman–Crippen LogP) is 3.28. The molecule has 6 nitrogen and oxygen atoms in total. The molecule has 1 aliphatic rings. The van der Waals surface area contributed by atoms with Crippen LogP contribution in [0.1, 0.15) is 33.6 Å². The first-order valence-corrected chi connectivity index (χ1v) is 9.01. The first kappa shape index (κ1) is 17.9. The van der Waals surface area contributed by atoms with Gasteiger partial charge in [0.05, 0.1) is 11.2 Å². The first-order valence-electron chi connectivity index (χ1n) is 8.63. The molecular weight excluding hydrogens is 338 g/mol. The zero-order chi connectivity index (χ0) is 18.0. The van der Waals surface area contributed by atoms with Crippen molar-refractivity contribution in [2.24, 2.45) is 11.3 Å². The second-order valence-electron chi connectivity index (χ2n) is 7.70. The maximum atomic E-state index is 12.4. The number of aromatic nitrogens is 4. The monoisotopic (exact) mass is 361 g/mol. The number of rotatable bonds is 3. The molecule has 0 aromatic carbocycles. The van der Waals surface area contributed by atoms with Crippen LogP contribution in [0.15, 0.2) is 24.7 Å². The molecule has 134 valence electrons. The summed E-state index contributed by atoms with van der Waals surface area (Å²) in [6.45, 7) is 8.38. The fourth-order valence-corrected chi connectivity index (χ4v) is 3.30. The van der Waals surface area contributed by atoms with E-state index in [1.165, 1.54) is 0 Å². The fourth-order valence-electron chi connectivity index (χ4n) is 3.13. The van der Waals surface area contributed by atoms with Crippen LogP contribution in [0.4, 0.5) is 0 Å². The summed E-state index contributed by atoms with van der Waals surface area (Å²) in [5.41, 5.74) is 1.33. The lowest BCUT2D eigenvalue weighted by Gasteiger charge is -2.35. The quantitative estimate of drug-likeness (QED) is 0.841. The van der Waals surface area contributed by atoms with E-state index in [-0.39, 0.29) is 11.3 Å². The van der Waals surface area contributed by atoms with Gasteiger partial charge in [0.1, 0.15) is 5.69 Å². The van der Waals surface area contributed by atoms with Crippen molar-refractivity contribution in [1.29, 1.82) is 0 Å². The fraction of sp³-hybridized carbons (Fsp3) is 0.556. The molecule has 0 atom stereocenters. The van der Waals surface area contributed by atoms with Crippen LogP contribution in [-0.4, -0.2) is 43.9 Å². The normalized spacial score (nSPS) is 16.2. The highest BCUT2D eigenvalue weighted by Gasteiger charge is 2.30. The van der Waals surface area contributed by atoms with Crippen LogP contribution in [0, 0.1) is 11.3 Å². The van der Waals surface area contributed by atoms with E-state index in [0.29, 0.717) is 10.9 Å². The predicted molar refractivity (Wildman–Crippen MR) is 97.0 cm³/mol. The number of nitrogens with zero attached hydrogens (tertiary/aromatic N) is 5. The molecule has 1 aliphatic heterocycles. The molecular formula is C18H24ClN5O. The van der Waals surface area contributed by atoms with E-state index >= 15 is 0 Å². The largest absolute Gasteiger partial charge is 0.342 e. The van der Waals surface area contributed by atoms with E-state index in [9.17, 15) is 4.79 Å². The summed E-state index contributed by atoms with van der Waals surface area (Å²) < 4.78 is 1.88. The minimum Gasteiger partial charge on any atom is -0.342 e. The maximum absolute atomic E-state index is 12.4. The second-order valence-corrected chi connectivity index (χ2v) is 8.14. The van der Waals surface area contributed by atoms with E-state index in [1.54, 1.807) is 12.4 Å². The number of amides is 1. The van der Waals surface area contributed by atoms with Gasteiger partial charge in [-0.05, 0) is 24.8 Å². The lowest BCUT2D eigenvalue weighted by atomic mass is 9.91. The van der Waals surface area contributed by atoms with Gasteiger partial charge in [0, 0.05) is 43.0 Å². The minimum absolute atomic E-state index is 0.238. The molecule has 1 saturated heterocycles. The molecule has 0 N–H and O–H groups in total. The van der Waals surface area contributed by atoms with Gasteiger partial charge in [-0.2, -0.15) is 0 Å². The smallest absolute Gasteiger partial charge is 0.227 e. The molecule has 2 aromatic heterocycles. The third kappa shape index (κ3) is 4.37. The van der Waals surface area contributed by atoms with Gasteiger partial charge in [-0.15, -0.1) is 5.10 Å². The third-order valence-corrected chi connectivity index (χ3v) is 4.73. The molecule has 0 unspecified atom stereocenters. The molecule has 2 aromatic rings. The Kier molecular flexibility index (Phi) is 5.08. The Labute approximate surface area is 153 Å². The number of pyridine rings is 1. The van der Waals surface area contributed by atoms with Gasteiger partial charge in [0.25, 0.3) is 0 Å². The number of hydrogen-bond donors (Lipinski definition) is 0. The molecule has 0 bridgehead atoms. The van der Waals surface area contributed by atoms with Gasteiger partial charge >= 0.3 is 0 Å². The average Bonchev–Trinajstić information content (AvgIpc) is 3.03. The van der Waals surface area contributed by atoms with Crippen molar-refractivity contribution in [3.63, 3.8) is 0 Å². The Morgan fingerprint density at radius 2 is 2.00 bits per heavy atom. The standard InChI is InChI=1S/C18H24ClN5O/c1-18(2,3)17(25)23-6-4-13(5-7-23)11-24-12-16(21-22-24)14-8-15(19)10-20-9-14/h8-10,12-13H,4-7,11H2,1-3H3. The molecule has 0 radical (unpaired) electrons. The number of likely N-dealkylation sites (tertiary alicyclic amines) is 1. The van der Waals surface area contributed by atoms with Crippen LogP contribution in [0.25, 0.3) is 11.3 Å². The summed E-state index contributed by atoms with van der Waals surface area (Å²) in [5.74, 6) is 0.749. The summed E-state index contributed by atoms with van der Waals surface area (Å²) in [6, 6.07) is 1.83. The number of piperidine rings is 1. The van der Waals surface area contributed by atoms with Gasteiger partial charge in [-0.3, -0.25) is 14.5 Å². The number of halogens is 1. The maximum Gasteiger partial charge on any atom is 0.227 e. The summed E-state index contributed by atoms with van der Waals surface area (Å²) >= 11 is 5.98. The van der Waals surface area contributed by atoms with Crippen LogP contribution >= 0.6 is 11.6 Å². The van der Waals surface area contributed by atoms with Crippen molar-refractivity contribution in [2.75, 3.05) is 13.1 Å². The van der Waals surface area contributed by atoms with E-state index in [0.717, 1.165) is 43.7 Å². The van der Waals surface area contributed by atoms with Crippen LogP contribution < -0.4 is 0 Å². The Balaban J connectivity index is 1.57. The molecule has 0 saturated carbocycles. The van der Waals surface area contributed by atoms with Crippen LogP contribution in [0.3, 0.4) is 0 Å². The molecule has 25 heavy (non-hydrogen) atoms. The second kappa shape index (κ2) is 7.12. The Bertz CT molecular complexity index is 744. The summed E-state index contributed by atoms with van der Waals surface area (Å²) in [7, 11) is 0. The number of carbonyl (C=O) groups is 1. The van der Waals surface area contributed by atoms with Gasteiger partial charge in [-0.25, -0.2) is 0 Å². The van der Waals surface area contributed by atoms with Crippen molar-refractivity contribution in [2.45, 2.75) is 40.2 Å². The van der Waals surface area contributed by atoms with E-state index < -0.39 is 0 Å². The molecule has 0 aliphatic carbocycles. The van der Waals surface area contributed by atoms with Crippen molar-refractivity contribution < 1.29 is 4.79 Å². The van der Waals surface area contributed by atoms with Crippen molar-refractivity contribution in [3.05, 3.63) is 29.7 Å². The molecule has 1 fully saturated rings. The lowest BCUT2D eigenvalue weighted by molar-refractivity contribution is -0.140. The van der Waals surface area contributed by atoms with Crippen molar-refractivity contribution >= 4 is 17.5 Å². The number of hydrogen-bond acceptors (Lipinski definition) is 4. The van der Waals surface area contributed by atoms with E-state index in [2.05, 4.69) is 15.3 Å². The Morgan fingerprint density at radius 3 is 2.64 bits per heavy atom. The van der Waals surface area contributed by atoms with Crippen LogP contribution in [-0.2, 0) is 11.3 Å². The highest BCUT2D eigenvalue weighted by atomic mass is 35.5.